The molecule has 0 aromatic carbocycles. The number of H-pyrrole nitrogens is 1. The molecule has 1 fully saturated rings. The highest BCUT2D eigenvalue weighted by atomic mass is 35.5. The van der Waals surface area contributed by atoms with E-state index in [1.807, 2.05) is 24.0 Å². The Morgan fingerprint density at radius 3 is 2.72 bits per heavy atom. The first-order valence-corrected chi connectivity index (χ1v) is 9.24. The van der Waals surface area contributed by atoms with Gasteiger partial charge in [0.2, 0.25) is 0 Å². The number of carbonyl (C=O) groups is 1. The smallest absolute Gasteiger partial charge is 0.330 e. The Labute approximate surface area is 153 Å². The number of thiophene rings is 1. The minimum atomic E-state index is -0.723. The number of ketones is 1. The van der Waals surface area contributed by atoms with Crippen molar-refractivity contribution >= 4 is 34.5 Å². The van der Waals surface area contributed by atoms with Gasteiger partial charge in [0.05, 0.1) is 10.9 Å². The van der Waals surface area contributed by atoms with E-state index in [0.29, 0.717) is 17.4 Å². The predicted molar refractivity (Wildman–Crippen MR) is 98.6 cm³/mol. The number of nitrogens with one attached hydrogen (secondary N) is 1. The molecule has 0 aliphatic heterocycles. The fraction of sp³-hybridized carbons (Fsp3) is 0.438. The van der Waals surface area contributed by atoms with Crippen LogP contribution < -0.4 is 17.0 Å². The number of nitrogen functional groups attached to an aromatic ring is 1. The quantitative estimate of drug-likeness (QED) is 0.712. The Morgan fingerprint density at radius 2 is 2.16 bits per heavy atom. The molecule has 0 amide bonds. The number of nitrogens with two attached hydrogens (primary N) is 1. The highest BCUT2D eigenvalue weighted by molar-refractivity contribution is 7.16. The monoisotopic (exact) mass is 382 g/mol. The number of hydrogen-bond donors (Lipinski definition) is 2. The maximum Gasteiger partial charge on any atom is 0.330 e. The molecular weight excluding hydrogens is 364 g/mol. The number of nitrogens with zero attached hydrogens (tertiary/aromatic N) is 2. The van der Waals surface area contributed by atoms with Crippen LogP contribution in [0.2, 0.25) is 4.34 Å². The zero-order valence-corrected chi connectivity index (χ0v) is 15.3. The standard InChI is InChI=1S/C16H19ClN4O3S/c1-2-20(7-10-5-6-12(17)25-10)8-11(22)13-14(18)21(9-3-4-9)16(24)19-15(13)23/h5-6,9H,2-4,7-8,18H2,1H3,(H,19,23,24). The number of carbonyl (C=O) groups excluding carboxylic acids is 1. The molecule has 0 atom stereocenters. The lowest BCUT2D eigenvalue weighted by molar-refractivity contribution is 0.0928. The molecule has 0 bridgehead atoms. The summed E-state index contributed by atoms with van der Waals surface area (Å²) in [5, 5.41) is 0. The van der Waals surface area contributed by atoms with Crippen LogP contribution in [0.5, 0.6) is 0 Å². The maximum absolute atomic E-state index is 12.7. The zero-order chi connectivity index (χ0) is 18.1. The average molecular weight is 383 g/mol. The van der Waals surface area contributed by atoms with Crippen molar-refractivity contribution in [2.45, 2.75) is 32.4 Å². The molecule has 0 radical (unpaired) electrons. The van der Waals surface area contributed by atoms with Gasteiger partial charge in [-0.1, -0.05) is 18.5 Å². The molecular formula is C16H19ClN4O3S. The molecule has 0 unspecified atom stereocenters. The van der Waals surface area contributed by atoms with Crippen molar-refractivity contribution in [1.82, 2.24) is 14.5 Å². The number of halogens is 1. The van der Waals surface area contributed by atoms with Crippen molar-refractivity contribution in [2.24, 2.45) is 0 Å². The summed E-state index contributed by atoms with van der Waals surface area (Å²) < 4.78 is 2.01. The molecule has 0 saturated heterocycles. The van der Waals surface area contributed by atoms with Crippen LogP contribution in [-0.2, 0) is 6.54 Å². The highest BCUT2D eigenvalue weighted by Crippen LogP contribution is 2.35. The SMILES string of the molecule is CCN(CC(=O)c1c(N)n(C2CC2)c(=O)[nH]c1=O)Cc1ccc(Cl)s1. The first-order valence-electron chi connectivity index (χ1n) is 8.04. The molecule has 3 N–H and O–H groups in total. The van der Waals surface area contributed by atoms with Gasteiger partial charge in [0.25, 0.3) is 5.56 Å². The third-order valence-corrected chi connectivity index (χ3v) is 5.41. The van der Waals surface area contributed by atoms with Crippen LogP contribution in [-0.4, -0.2) is 33.3 Å². The molecule has 1 aliphatic rings. The number of rotatable bonds is 7. The van der Waals surface area contributed by atoms with Gasteiger partial charge in [-0.3, -0.25) is 24.0 Å². The minimum absolute atomic E-state index is 0.0218. The van der Waals surface area contributed by atoms with E-state index in [-0.39, 0.29) is 24.0 Å². The molecule has 7 nitrogen and oxygen atoms in total. The molecule has 25 heavy (non-hydrogen) atoms. The maximum atomic E-state index is 12.7. The summed E-state index contributed by atoms with van der Waals surface area (Å²) in [7, 11) is 0. The van der Waals surface area contributed by atoms with E-state index in [4.69, 9.17) is 17.3 Å². The first-order chi connectivity index (χ1) is 11.9. The van der Waals surface area contributed by atoms with Crippen LogP contribution in [0.1, 0.15) is 41.0 Å². The van der Waals surface area contributed by atoms with Gasteiger partial charge < -0.3 is 5.73 Å². The summed E-state index contributed by atoms with van der Waals surface area (Å²) in [4.78, 5) is 41.9. The van der Waals surface area contributed by atoms with Gasteiger partial charge >= 0.3 is 5.69 Å². The van der Waals surface area contributed by atoms with Gasteiger partial charge in [0.1, 0.15) is 11.4 Å². The Morgan fingerprint density at radius 1 is 1.44 bits per heavy atom. The van der Waals surface area contributed by atoms with Crippen LogP contribution in [0.25, 0.3) is 0 Å². The predicted octanol–water partition coefficient (Wildman–Crippen LogP) is 1.87. The largest absolute Gasteiger partial charge is 0.384 e. The number of Topliss-reactive ketones (excluding diaryl/α,β-unsaturated/α-hetero) is 1. The average Bonchev–Trinajstić information content (AvgIpc) is 3.28. The van der Waals surface area contributed by atoms with Crippen molar-refractivity contribution in [3.63, 3.8) is 0 Å². The lowest BCUT2D eigenvalue weighted by atomic mass is 10.1. The number of hydrogen-bond acceptors (Lipinski definition) is 6. The van der Waals surface area contributed by atoms with E-state index in [1.54, 1.807) is 0 Å². The van der Waals surface area contributed by atoms with Gasteiger partial charge in [-0.2, -0.15) is 0 Å². The summed E-state index contributed by atoms with van der Waals surface area (Å²) in [6.07, 6.45) is 1.65. The molecule has 9 heteroatoms. The van der Waals surface area contributed by atoms with E-state index in [1.165, 1.54) is 15.9 Å². The van der Waals surface area contributed by atoms with E-state index < -0.39 is 17.0 Å². The third-order valence-electron chi connectivity index (χ3n) is 4.20. The summed E-state index contributed by atoms with van der Waals surface area (Å²) in [5.41, 5.74) is 4.58. The fourth-order valence-electron chi connectivity index (χ4n) is 2.75. The molecule has 3 rings (SSSR count). The molecule has 134 valence electrons. The topological polar surface area (TPSA) is 101 Å². The van der Waals surface area contributed by atoms with Crippen molar-refractivity contribution in [2.75, 3.05) is 18.8 Å². The van der Waals surface area contributed by atoms with E-state index >= 15 is 0 Å². The third kappa shape index (κ3) is 3.86. The summed E-state index contributed by atoms with van der Waals surface area (Å²) in [6.45, 7) is 3.16. The van der Waals surface area contributed by atoms with Crippen LogP contribution in [0.4, 0.5) is 5.82 Å². The van der Waals surface area contributed by atoms with Gasteiger partial charge in [0.15, 0.2) is 5.78 Å². The normalized spacial score (nSPS) is 14.2. The Kier molecular flexibility index (Phi) is 5.12. The minimum Gasteiger partial charge on any atom is -0.384 e. The van der Waals surface area contributed by atoms with E-state index in [2.05, 4.69) is 4.98 Å². The van der Waals surface area contributed by atoms with Crippen molar-refractivity contribution in [3.05, 3.63) is 47.7 Å². The first kappa shape index (κ1) is 17.9. The molecule has 1 aliphatic carbocycles. The Bertz CT molecular complexity index is 913. The molecule has 2 aromatic heterocycles. The van der Waals surface area contributed by atoms with E-state index in [9.17, 15) is 14.4 Å². The van der Waals surface area contributed by atoms with Crippen molar-refractivity contribution < 1.29 is 4.79 Å². The Hall–Kier alpha value is -1.90. The highest BCUT2D eigenvalue weighted by Gasteiger charge is 2.30. The lowest BCUT2D eigenvalue weighted by Gasteiger charge is -2.19. The van der Waals surface area contributed by atoms with Crippen LogP contribution in [0.15, 0.2) is 21.7 Å². The Balaban J connectivity index is 1.83. The zero-order valence-electron chi connectivity index (χ0n) is 13.8. The molecule has 2 aromatic rings. The second kappa shape index (κ2) is 7.15. The summed E-state index contributed by atoms with van der Waals surface area (Å²) in [5.74, 6) is -0.422. The molecule has 1 saturated carbocycles. The van der Waals surface area contributed by atoms with Crippen molar-refractivity contribution in [1.29, 1.82) is 0 Å². The van der Waals surface area contributed by atoms with Gasteiger partial charge in [-0.05, 0) is 31.5 Å². The van der Waals surface area contributed by atoms with Gasteiger partial charge in [-0.15, -0.1) is 11.3 Å². The summed E-state index contributed by atoms with van der Waals surface area (Å²) >= 11 is 7.39. The number of likely N-dealkylation sites (N-methyl/N-ethyl adjacent to an activating group) is 1. The second-order valence-corrected chi connectivity index (χ2v) is 7.85. The van der Waals surface area contributed by atoms with Gasteiger partial charge in [0, 0.05) is 17.5 Å². The molecule has 2 heterocycles. The van der Waals surface area contributed by atoms with Crippen molar-refractivity contribution in [3.8, 4) is 0 Å². The fourth-order valence-corrected chi connectivity index (χ4v) is 3.88. The molecule has 0 spiro atoms. The summed E-state index contributed by atoms with van der Waals surface area (Å²) in [6, 6.07) is 3.70. The second-order valence-electron chi connectivity index (χ2n) is 6.05. The lowest BCUT2D eigenvalue weighted by Crippen LogP contribution is -2.38. The van der Waals surface area contributed by atoms with E-state index in [0.717, 1.165) is 17.7 Å². The number of anilines is 1. The van der Waals surface area contributed by atoms with Crippen LogP contribution in [0.3, 0.4) is 0 Å². The van der Waals surface area contributed by atoms with Crippen LogP contribution in [0, 0.1) is 0 Å². The van der Waals surface area contributed by atoms with Gasteiger partial charge in [-0.25, -0.2) is 4.79 Å². The number of aromatic amines is 1. The number of aromatic nitrogens is 2. The van der Waals surface area contributed by atoms with Crippen LogP contribution >= 0.6 is 22.9 Å².